The molecule has 0 aromatic carbocycles. The van der Waals surface area contributed by atoms with Crippen molar-refractivity contribution in [1.82, 2.24) is 10.2 Å². The summed E-state index contributed by atoms with van der Waals surface area (Å²) >= 11 is 0. The molecule has 0 aromatic heterocycles. The average Bonchev–Trinajstić information content (AvgIpc) is 2.45. The molecule has 0 aliphatic carbocycles. The lowest BCUT2D eigenvalue weighted by atomic mass is 9.92. The molecule has 1 aliphatic heterocycles. The van der Waals surface area contributed by atoms with Crippen LogP contribution in [0.15, 0.2) is 0 Å². The van der Waals surface area contributed by atoms with Crippen LogP contribution in [0, 0.1) is 0 Å². The maximum atomic E-state index is 12.3. The van der Waals surface area contributed by atoms with Gasteiger partial charge in [0.25, 0.3) is 0 Å². The minimum Gasteiger partial charge on any atom is -0.465 e. The molecule has 1 fully saturated rings. The number of esters is 1. The summed E-state index contributed by atoms with van der Waals surface area (Å²) in [5, 5.41) is 3.37. The zero-order valence-corrected chi connectivity index (χ0v) is 14.3. The van der Waals surface area contributed by atoms with E-state index in [2.05, 4.69) is 24.1 Å². The van der Waals surface area contributed by atoms with Gasteiger partial charge in [-0.1, -0.05) is 6.92 Å². The second-order valence-corrected chi connectivity index (χ2v) is 6.45. The van der Waals surface area contributed by atoms with Gasteiger partial charge in [-0.25, -0.2) is 0 Å². The summed E-state index contributed by atoms with van der Waals surface area (Å²) in [6.45, 7) is 11.8. The van der Waals surface area contributed by atoms with E-state index >= 15 is 0 Å². The number of hydrogen-bond acceptors (Lipinski definition) is 5. The molecule has 0 bridgehead atoms. The molecule has 1 aliphatic rings. The number of carbonyl (C=O) groups excluding carboxylic acids is 1. The number of nitrogens with zero attached hydrogens (tertiary/aromatic N) is 1. The summed E-state index contributed by atoms with van der Waals surface area (Å²) in [5.74, 6) is -0.164. The van der Waals surface area contributed by atoms with Crippen LogP contribution in [0.25, 0.3) is 0 Å². The fourth-order valence-electron chi connectivity index (χ4n) is 2.94. The van der Waals surface area contributed by atoms with Crippen LogP contribution >= 0.6 is 0 Å². The summed E-state index contributed by atoms with van der Waals surface area (Å²) in [4.78, 5) is 14.6. The molecule has 1 heterocycles. The van der Waals surface area contributed by atoms with Crippen LogP contribution in [0.5, 0.6) is 0 Å². The highest BCUT2D eigenvalue weighted by molar-refractivity contribution is 5.80. The van der Waals surface area contributed by atoms with Crippen LogP contribution in [0.1, 0.15) is 47.0 Å². The van der Waals surface area contributed by atoms with Crippen molar-refractivity contribution in [3.63, 3.8) is 0 Å². The zero-order chi connectivity index (χ0) is 15.9. The molecule has 5 heteroatoms. The van der Waals surface area contributed by atoms with Gasteiger partial charge in [-0.3, -0.25) is 9.69 Å². The molecular formula is C16H32N2O3. The largest absolute Gasteiger partial charge is 0.465 e. The van der Waals surface area contributed by atoms with Gasteiger partial charge in [-0.05, 0) is 53.1 Å². The lowest BCUT2D eigenvalue weighted by molar-refractivity contribution is -0.152. The van der Waals surface area contributed by atoms with Gasteiger partial charge in [0.2, 0.25) is 0 Å². The Hall–Kier alpha value is -0.650. The third-order valence-electron chi connectivity index (χ3n) is 4.26. The standard InChI is InChI=1S/C16H32N2O3/c1-6-10-17-16(4,14(19)21-7-2)13-18-11-8-9-15(3,12-18)20-5/h17H,6-13H2,1-5H3. The SMILES string of the molecule is CCCNC(C)(CN1CCCC(C)(OC)C1)C(=O)OCC. The van der Waals surface area contributed by atoms with Crippen molar-refractivity contribution in [2.45, 2.75) is 58.1 Å². The van der Waals surface area contributed by atoms with Crippen LogP contribution in [-0.4, -0.2) is 61.9 Å². The Labute approximate surface area is 129 Å². The Bertz CT molecular complexity index is 337. The quantitative estimate of drug-likeness (QED) is 0.693. The third-order valence-corrected chi connectivity index (χ3v) is 4.26. The highest BCUT2D eigenvalue weighted by Crippen LogP contribution is 2.25. The number of hydrogen-bond donors (Lipinski definition) is 1. The molecule has 1 saturated heterocycles. The summed E-state index contributed by atoms with van der Waals surface area (Å²) in [5.41, 5.74) is -0.767. The van der Waals surface area contributed by atoms with E-state index in [1.54, 1.807) is 7.11 Å². The molecule has 0 saturated carbocycles. The number of likely N-dealkylation sites (tertiary alicyclic amines) is 1. The second kappa shape index (κ2) is 8.11. The van der Waals surface area contributed by atoms with E-state index in [-0.39, 0.29) is 11.6 Å². The first-order valence-electron chi connectivity index (χ1n) is 8.09. The Morgan fingerprint density at radius 2 is 2.14 bits per heavy atom. The van der Waals surface area contributed by atoms with E-state index in [4.69, 9.17) is 9.47 Å². The number of piperidine rings is 1. The molecule has 0 spiro atoms. The Kier molecular flexibility index (Phi) is 7.10. The van der Waals surface area contributed by atoms with Crippen molar-refractivity contribution in [1.29, 1.82) is 0 Å². The van der Waals surface area contributed by atoms with E-state index in [0.29, 0.717) is 13.2 Å². The zero-order valence-electron chi connectivity index (χ0n) is 14.3. The van der Waals surface area contributed by atoms with Gasteiger partial charge in [0.1, 0.15) is 5.54 Å². The Balaban J connectivity index is 2.73. The van der Waals surface area contributed by atoms with Gasteiger partial charge >= 0.3 is 5.97 Å². The molecule has 1 N–H and O–H groups in total. The number of rotatable bonds is 8. The Morgan fingerprint density at radius 1 is 1.43 bits per heavy atom. The summed E-state index contributed by atoms with van der Waals surface area (Å²) in [7, 11) is 1.77. The molecule has 5 nitrogen and oxygen atoms in total. The van der Waals surface area contributed by atoms with E-state index in [1.165, 1.54) is 0 Å². The van der Waals surface area contributed by atoms with Crippen molar-refractivity contribution < 1.29 is 14.3 Å². The average molecular weight is 300 g/mol. The minimum absolute atomic E-state index is 0.113. The van der Waals surface area contributed by atoms with Crippen molar-refractivity contribution in [3.05, 3.63) is 0 Å². The Morgan fingerprint density at radius 3 is 2.71 bits per heavy atom. The van der Waals surface area contributed by atoms with Crippen molar-refractivity contribution in [2.75, 3.05) is 39.9 Å². The number of nitrogens with one attached hydrogen (secondary N) is 1. The lowest BCUT2D eigenvalue weighted by Gasteiger charge is -2.42. The third kappa shape index (κ3) is 5.24. The lowest BCUT2D eigenvalue weighted by Crippen LogP contribution is -2.60. The van der Waals surface area contributed by atoms with Crippen LogP contribution in [0.3, 0.4) is 0 Å². The van der Waals surface area contributed by atoms with Crippen molar-refractivity contribution in [3.8, 4) is 0 Å². The number of methoxy groups -OCH3 is 1. The van der Waals surface area contributed by atoms with Gasteiger partial charge in [0.15, 0.2) is 0 Å². The first-order chi connectivity index (χ1) is 9.89. The van der Waals surface area contributed by atoms with Gasteiger partial charge in [-0.2, -0.15) is 0 Å². The second-order valence-electron chi connectivity index (χ2n) is 6.45. The highest BCUT2D eigenvalue weighted by atomic mass is 16.5. The van der Waals surface area contributed by atoms with Crippen LogP contribution < -0.4 is 5.32 Å². The predicted molar refractivity (Wildman–Crippen MR) is 84.4 cm³/mol. The predicted octanol–water partition coefficient (Wildman–Crippen LogP) is 1.81. The van der Waals surface area contributed by atoms with Gasteiger partial charge in [0, 0.05) is 20.2 Å². The van der Waals surface area contributed by atoms with Crippen LogP contribution in [0.2, 0.25) is 0 Å². The maximum absolute atomic E-state index is 12.3. The van der Waals surface area contributed by atoms with E-state index in [0.717, 1.165) is 38.9 Å². The molecule has 0 aromatic rings. The monoisotopic (exact) mass is 300 g/mol. The van der Waals surface area contributed by atoms with Crippen LogP contribution in [0.4, 0.5) is 0 Å². The first kappa shape index (κ1) is 18.4. The van der Waals surface area contributed by atoms with E-state index in [1.807, 2.05) is 13.8 Å². The number of carbonyl (C=O) groups is 1. The van der Waals surface area contributed by atoms with Crippen molar-refractivity contribution in [2.24, 2.45) is 0 Å². The number of ether oxygens (including phenoxy) is 2. The van der Waals surface area contributed by atoms with E-state index < -0.39 is 5.54 Å². The normalized spacial score (nSPS) is 26.3. The summed E-state index contributed by atoms with van der Waals surface area (Å²) < 4.78 is 10.9. The van der Waals surface area contributed by atoms with Crippen molar-refractivity contribution >= 4 is 5.97 Å². The van der Waals surface area contributed by atoms with Gasteiger partial charge in [-0.15, -0.1) is 0 Å². The van der Waals surface area contributed by atoms with Gasteiger partial charge in [0.05, 0.1) is 12.2 Å². The molecule has 1 rings (SSSR count). The summed E-state index contributed by atoms with van der Waals surface area (Å²) in [6.07, 6.45) is 3.15. The molecule has 124 valence electrons. The maximum Gasteiger partial charge on any atom is 0.327 e. The smallest absolute Gasteiger partial charge is 0.327 e. The molecular weight excluding hydrogens is 268 g/mol. The molecule has 2 atom stereocenters. The van der Waals surface area contributed by atoms with E-state index in [9.17, 15) is 4.79 Å². The summed E-state index contributed by atoms with van der Waals surface area (Å²) in [6, 6.07) is 0. The molecule has 21 heavy (non-hydrogen) atoms. The molecule has 2 unspecified atom stereocenters. The topological polar surface area (TPSA) is 50.8 Å². The fraction of sp³-hybridized carbons (Fsp3) is 0.938. The first-order valence-corrected chi connectivity index (χ1v) is 8.09. The molecule has 0 radical (unpaired) electrons. The highest BCUT2D eigenvalue weighted by Gasteiger charge is 2.39. The van der Waals surface area contributed by atoms with Gasteiger partial charge < -0.3 is 14.8 Å². The molecule has 0 amide bonds. The van der Waals surface area contributed by atoms with Crippen LogP contribution in [-0.2, 0) is 14.3 Å². The fourth-order valence-corrected chi connectivity index (χ4v) is 2.94. The minimum atomic E-state index is -0.655.